The lowest BCUT2D eigenvalue weighted by Crippen LogP contribution is -2.00. The highest BCUT2D eigenvalue weighted by Crippen LogP contribution is 2.36. The Kier molecular flexibility index (Phi) is 5.45. The highest BCUT2D eigenvalue weighted by atomic mass is 79.9. The quantitative estimate of drug-likeness (QED) is 0.475. The van der Waals surface area contributed by atoms with E-state index in [1.54, 1.807) is 18.2 Å². The lowest BCUT2D eigenvalue weighted by Gasteiger charge is -2.09. The predicted molar refractivity (Wildman–Crippen MR) is 88.5 cm³/mol. The standard InChI is InChI=1S/C14H12Br2O4S/c1-2-7(15)11(17)12(18)9-3-4-10(21-9)13(19)14-8(16)5-6-20-14/h2-6,12-13,17-19H,1H2/b11-7+. The van der Waals surface area contributed by atoms with Gasteiger partial charge in [-0.1, -0.05) is 12.7 Å². The van der Waals surface area contributed by atoms with Crippen molar-refractivity contribution in [2.24, 2.45) is 0 Å². The van der Waals surface area contributed by atoms with Gasteiger partial charge in [0.1, 0.15) is 18.0 Å². The van der Waals surface area contributed by atoms with Gasteiger partial charge in [-0.25, -0.2) is 0 Å². The summed E-state index contributed by atoms with van der Waals surface area (Å²) in [6.07, 6.45) is 0.751. The third-order valence-corrected chi connectivity index (χ3v) is 5.34. The zero-order valence-corrected chi connectivity index (χ0v) is 14.7. The third kappa shape index (κ3) is 3.49. The fourth-order valence-corrected chi connectivity index (χ4v) is 3.28. The smallest absolute Gasteiger partial charge is 0.151 e. The van der Waals surface area contributed by atoms with Crippen LogP contribution < -0.4 is 0 Å². The van der Waals surface area contributed by atoms with Gasteiger partial charge in [-0.2, -0.15) is 0 Å². The maximum atomic E-state index is 10.3. The zero-order valence-electron chi connectivity index (χ0n) is 10.7. The molecule has 3 N–H and O–H groups in total. The number of aliphatic hydroxyl groups excluding tert-OH is 3. The Morgan fingerprint density at radius 1 is 1.29 bits per heavy atom. The maximum absolute atomic E-state index is 10.3. The zero-order chi connectivity index (χ0) is 15.6. The summed E-state index contributed by atoms with van der Waals surface area (Å²) in [5.41, 5.74) is 0. The van der Waals surface area contributed by atoms with E-state index in [1.807, 2.05) is 0 Å². The van der Waals surface area contributed by atoms with Crippen LogP contribution in [0, 0.1) is 0 Å². The van der Waals surface area contributed by atoms with Crippen molar-refractivity contribution in [3.63, 3.8) is 0 Å². The van der Waals surface area contributed by atoms with E-state index in [-0.39, 0.29) is 5.76 Å². The predicted octanol–water partition coefficient (Wildman–Crippen LogP) is 4.57. The van der Waals surface area contributed by atoms with Crippen molar-refractivity contribution < 1.29 is 19.7 Å². The molecule has 0 bridgehead atoms. The molecule has 0 amide bonds. The van der Waals surface area contributed by atoms with Gasteiger partial charge >= 0.3 is 0 Å². The van der Waals surface area contributed by atoms with Crippen LogP contribution in [-0.4, -0.2) is 15.3 Å². The number of halogens is 2. The molecule has 2 rings (SSSR count). The Morgan fingerprint density at radius 2 is 1.95 bits per heavy atom. The molecule has 0 aromatic carbocycles. The second-order valence-electron chi connectivity index (χ2n) is 4.12. The van der Waals surface area contributed by atoms with E-state index in [0.717, 1.165) is 0 Å². The van der Waals surface area contributed by atoms with Gasteiger partial charge < -0.3 is 19.7 Å². The first-order chi connectivity index (χ1) is 9.95. The highest BCUT2D eigenvalue weighted by molar-refractivity contribution is 9.12. The van der Waals surface area contributed by atoms with Crippen molar-refractivity contribution in [3.05, 3.63) is 67.3 Å². The minimum Gasteiger partial charge on any atom is -0.508 e. The van der Waals surface area contributed by atoms with Crippen molar-refractivity contribution in [1.29, 1.82) is 0 Å². The second kappa shape index (κ2) is 6.93. The summed E-state index contributed by atoms with van der Waals surface area (Å²) in [6.45, 7) is 3.50. The van der Waals surface area contributed by atoms with Crippen molar-refractivity contribution in [2.75, 3.05) is 0 Å². The lowest BCUT2D eigenvalue weighted by atomic mass is 10.2. The number of aliphatic hydroxyl groups is 3. The number of allylic oxidation sites excluding steroid dienone is 2. The van der Waals surface area contributed by atoms with Gasteiger partial charge in [0.2, 0.25) is 0 Å². The Hall–Kier alpha value is -0.860. The second-order valence-corrected chi connectivity index (χ2v) is 6.97. The van der Waals surface area contributed by atoms with Crippen LogP contribution in [0.4, 0.5) is 0 Å². The molecular formula is C14H12Br2O4S. The largest absolute Gasteiger partial charge is 0.508 e. The van der Waals surface area contributed by atoms with Crippen LogP contribution in [0.2, 0.25) is 0 Å². The van der Waals surface area contributed by atoms with Crippen molar-refractivity contribution in [1.82, 2.24) is 0 Å². The molecule has 4 nitrogen and oxygen atoms in total. The van der Waals surface area contributed by atoms with E-state index >= 15 is 0 Å². The van der Waals surface area contributed by atoms with E-state index < -0.39 is 12.2 Å². The Bertz CT molecular complexity index is 674. The van der Waals surface area contributed by atoms with E-state index in [1.165, 1.54) is 23.7 Å². The molecule has 112 valence electrons. The molecular weight excluding hydrogens is 424 g/mol. The average Bonchev–Trinajstić information content (AvgIpc) is 3.13. The van der Waals surface area contributed by atoms with Gasteiger partial charge in [0.25, 0.3) is 0 Å². The molecule has 0 radical (unpaired) electrons. The van der Waals surface area contributed by atoms with E-state index in [2.05, 4.69) is 38.4 Å². The summed E-state index contributed by atoms with van der Waals surface area (Å²) < 4.78 is 6.21. The first-order valence-corrected chi connectivity index (χ1v) is 8.25. The SMILES string of the molecule is C=C/C(Br)=C(\O)C(O)c1ccc(C(O)c2occc2Br)s1. The number of hydrogen-bond acceptors (Lipinski definition) is 5. The first kappa shape index (κ1) is 16.5. The van der Waals surface area contributed by atoms with Crippen molar-refractivity contribution in [2.45, 2.75) is 12.2 Å². The van der Waals surface area contributed by atoms with E-state index in [0.29, 0.717) is 24.5 Å². The van der Waals surface area contributed by atoms with Gasteiger partial charge in [0.15, 0.2) is 5.76 Å². The molecule has 2 atom stereocenters. The summed E-state index contributed by atoms with van der Waals surface area (Å²) >= 11 is 7.57. The molecule has 0 aliphatic carbocycles. The topological polar surface area (TPSA) is 73.8 Å². The monoisotopic (exact) mass is 434 g/mol. The summed E-state index contributed by atoms with van der Waals surface area (Å²) in [4.78, 5) is 1.10. The van der Waals surface area contributed by atoms with Crippen LogP contribution in [-0.2, 0) is 0 Å². The molecule has 2 aromatic rings. The summed E-state index contributed by atoms with van der Waals surface area (Å²) in [5.74, 6) is 0.164. The first-order valence-electron chi connectivity index (χ1n) is 5.85. The van der Waals surface area contributed by atoms with Gasteiger partial charge in [-0.3, -0.25) is 0 Å². The van der Waals surface area contributed by atoms with Crippen molar-refractivity contribution in [3.8, 4) is 0 Å². The van der Waals surface area contributed by atoms with Crippen LogP contribution in [0.1, 0.15) is 27.7 Å². The average molecular weight is 436 g/mol. The molecule has 2 aromatic heterocycles. The van der Waals surface area contributed by atoms with Gasteiger partial charge in [0, 0.05) is 9.75 Å². The molecule has 0 fully saturated rings. The molecule has 2 heterocycles. The fraction of sp³-hybridized carbons (Fsp3) is 0.143. The Balaban J connectivity index is 2.26. The number of hydrogen-bond donors (Lipinski definition) is 3. The van der Waals surface area contributed by atoms with Crippen LogP contribution in [0.3, 0.4) is 0 Å². The summed E-state index contributed by atoms with van der Waals surface area (Å²) in [6, 6.07) is 5.01. The number of furan rings is 1. The highest BCUT2D eigenvalue weighted by Gasteiger charge is 2.22. The van der Waals surface area contributed by atoms with Crippen LogP contribution in [0.5, 0.6) is 0 Å². The van der Waals surface area contributed by atoms with Crippen molar-refractivity contribution >= 4 is 43.2 Å². The molecule has 0 aliphatic rings. The number of rotatable bonds is 5. The Labute approximate surface area is 142 Å². The molecule has 0 saturated carbocycles. The van der Waals surface area contributed by atoms with Gasteiger partial charge in [-0.05, 0) is 50.1 Å². The molecule has 0 saturated heterocycles. The minimum atomic E-state index is -1.18. The van der Waals surface area contributed by atoms with Crippen LogP contribution in [0.15, 0.2) is 56.2 Å². The van der Waals surface area contributed by atoms with Gasteiger partial charge in [-0.15, -0.1) is 11.3 Å². The van der Waals surface area contributed by atoms with E-state index in [4.69, 9.17) is 4.42 Å². The van der Waals surface area contributed by atoms with E-state index in [9.17, 15) is 15.3 Å². The molecule has 0 aliphatic heterocycles. The molecule has 7 heteroatoms. The minimum absolute atomic E-state index is 0.230. The fourth-order valence-electron chi connectivity index (χ4n) is 1.66. The summed E-state index contributed by atoms with van der Waals surface area (Å²) in [7, 11) is 0. The van der Waals surface area contributed by atoms with Crippen LogP contribution in [0.25, 0.3) is 0 Å². The Morgan fingerprint density at radius 3 is 2.52 bits per heavy atom. The molecule has 0 spiro atoms. The maximum Gasteiger partial charge on any atom is 0.151 e. The molecule has 2 unspecified atom stereocenters. The molecule has 21 heavy (non-hydrogen) atoms. The lowest BCUT2D eigenvalue weighted by molar-refractivity contribution is 0.158. The van der Waals surface area contributed by atoms with Crippen LogP contribution >= 0.6 is 43.2 Å². The normalized spacial score (nSPS) is 15.4. The summed E-state index contributed by atoms with van der Waals surface area (Å²) in [5, 5.41) is 30.2. The third-order valence-electron chi connectivity index (χ3n) is 2.76. The number of thiophene rings is 1. The van der Waals surface area contributed by atoms with Gasteiger partial charge in [0.05, 0.1) is 15.2 Å².